The van der Waals surface area contributed by atoms with Gasteiger partial charge in [-0.1, -0.05) is 6.07 Å². The number of nitrogens with one attached hydrogen (secondary N) is 1. The predicted octanol–water partition coefficient (Wildman–Crippen LogP) is 0.509. The van der Waals surface area contributed by atoms with Gasteiger partial charge in [-0.25, -0.2) is 8.42 Å². The highest BCUT2D eigenvalue weighted by atomic mass is 32.2. The molecule has 146 valence electrons. The van der Waals surface area contributed by atoms with Crippen molar-refractivity contribution in [3.63, 3.8) is 0 Å². The summed E-state index contributed by atoms with van der Waals surface area (Å²) in [4.78, 5) is 1.59. The van der Waals surface area contributed by atoms with Gasteiger partial charge < -0.3 is 14.4 Å². The van der Waals surface area contributed by atoms with E-state index in [-0.39, 0.29) is 11.7 Å². The highest BCUT2D eigenvalue weighted by molar-refractivity contribution is 7.89. The maximum Gasteiger partial charge on any atom is 0.245 e. The number of piperazine rings is 1. The lowest BCUT2D eigenvalue weighted by Crippen LogP contribution is -3.13. The number of hydrogen-bond donors (Lipinski definition) is 1. The van der Waals surface area contributed by atoms with Gasteiger partial charge in [0.15, 0.2) is 11.5 Å². The summed E-state index contributed by atoms with van der Waals surface area (Å²) >= 11 is 1.03. The van der Waals surface area contributed by atoms with Crippen LogP contribution in [0.2, 0.25) is 0 Å². The summed E-state index contributed by atoms with van der Waals surface area (Å²) in [5.74, 6) is 1.56. The fourth-order valence-electron chi connectivity index (χ4n) is 3.69. The highest BCUT2D eigenvalue weighted by Gasteiger charge is 2.32. The lowest BCUT2D eigenvalue weighted by molar-refractivity contribution is -0.917. The topological polar surface area (TPSA) is 86.1 Å². The molecule has 1 saturated heterocycles. The zero-order valence-corrected chi connectivity index (χ0v) is 16.6. The largest absolute Gasteiger partial charge is 0.454 e. The fourth-order valence-corrected chi connectivity index (χ4v) is 5.88. The van der Waals surface area contributed by atoms with E-state index in [2.05, 4.69) is 8.75 Å². The molecule has 1 N–H and O–H groups in total. The van der Waals surface area contributed by atoms with E-state index in [0.29, 0.717) is 24.1 Å². The van der Waals surface area contributed by atoms with Crippen LogP contribution in [0.15, 0.2) is 41.3 Å². The Morgan fingerprint density at radius 3 is 2.75 bits per heavy atom. The second-order valence-electron chi connectivity index (χ2n) is 6.91. The number of benzene rings is 2. The van der Waals surface area contributed by atoms with Crippen LogP contribution < -0.4 is 14.4 Å². The summed E-state index contributed by atoms with van der Waals surface area (Å²) in [5.41, 5.74) is 2.25. The third-order valence-corrected chi connectivity index (χ3v) is 7.66. The number of rotatable bonds is 4. The molecule has 10 heteroatoms. The highest BCUT2D eigenvalue weighted by Crippen LogP contribution is 2.32. The third-order valence-electron chi connectivity index (χ3n) is 5.19. The van der Waals surface area contributed by atoms with Gasteiger partial charge in [0.2, 0.25) is 16.8 Å². The van der Waals surface area contributed by atoms with Gasteiger partial charge in [0.25, 0.3) is 0 Å². The molecule has 0 spiro atoms. The van der Waals surface area contributed by atoms with Crippen molar-refractivity contribution in [3.05, 3.63) is 42.0 Å². The molecule has 2 aliphatic rings. The molecule has 3 aromatic rings. The molecule has 1 aromatic heterocycles. The van der Waals surface area contributed by atoms with Crippen molar-refractivity contribution in [2.75, 3.05) is 33.0 Å². The van der Waals surface area contributed by atoms with Crippen molar-refractivity contribution >= 4 is 32.8 Å². The lowest BCUT2D eigenvalue weighted by Gasteiger charge is -2.31. The summed E-state index contributed by atoms with van der Waals surface area (Å²) in [7, 11) is -3.58. The van der Waals surface area contributed by atoms with Crippen molar-refractivity contribution in [2.24, 2.45) is 0 Å². The minimum atomic E-state index is -3.58. The summed E-state index contributed by atoms with van der Waals surface area (Å²) < 4.78 is 46.9. The molecular formula is C18H19N4O4S2+. The van der Waals surface area contributed by atoms with E-state index in [0.717, 1.165) is 48.4 Å². The average molecular weight is 420 g/mol. The van der Waals surface area contributed by atoms with Gasteiger partial charge >= 0.3 is 0 Å². The fraction of sp³-hybridized carbons (Fsp3) is 0.333. The first-order valence-corrected chi connectivity index (χ1v) is 11.2. The van der Waals surface area contributed by atoms with E-state index in [9.17, 15) is 8.42 Å². The second-order valence-corrected chi connectivity index (χ2v) is 9.34. The smallest absolute Gasteiger partial charge is 0.245 e. The predicted molar refractivity (Wildman–Crippen MR) is 103 cm³/mol. The number of sulfonamides is 1. The molecule has 5 rings (SSSR count). The zero-order valence-electron chi connectivity index (χ0n) is 15.0. The molecule has 0 saturated carbocycles. The molecular weight excluding hydrogens is 400 g/mol. The van der Waals surface area contributed by atoms with Gasteiger partial charge in [-0.15, -0.1) is 0 Å². The third kappa shape index (κ3) is 3.12. The molecule has 0 atom stereocenters. The van der Waals surface area contributed by atoms with Crippen LogP contribution in [0.25, 0.3) is 11.0 Å². The number of fused-ring (bicyclic) bond motifs is 2. The van der Waals surface area contributed by atoms with Crippen LogP contribution in [-0.4, -0.2) is 54.4 Å². The first kappa shape index (κ1) is 17.8. The van der Waals surface area contributed by atoms with E-state index in [4.69, 9.17) is 9.47 Å². The Kier molecular flexibility index (Phi) is 4.43. The summed E-state index contributed by atoms with van der Waals surface area (Å²) in [5, 5.41) is 0. The Hall–Kier alpha value is -2.27. The minimum absolute atomic E-state index is 0.248. The quantitative estimate of drug-likeness (QED) is 0.663. The van der Waals surface area contributed by atoms with E-state index in [1.165, 1.54) is 4.90 Å². The van der Waals surface area contributed by atoms with Crippen LogP contribution in [0.3, 0.4) is 0 Å². The first-order chi connectivity index (χ1) is 13.6. The second kappa shape index (κ2) is 6.96. The van der Waals surface area contributed by atoms with E-state index < -0.39 is 10.0 Å². The van der Waals surface area contributed by atoms with Crippen molar-refractivity contribution in [1.82, 2.24) is 13.1 Å². The van der Waals surface area contributed by atoms with E-state index in [1.807, 2.05) is 18.2 Å². The molecule has 28 heavy (non-hydrogen) atoms. The Morgan fingerprint density at radius 2 is 1.89 bits per heavy atom. The first-order valence-electron chi connectivity index (χ1n) is 9.05. The number of hydrogen-bond acceptors (Lipinski definition) is 7. The molecule has 1 fully saturated rings. The SMILES string of the molecule is O=S(=O)(c1cccc2nsnc12)N1CC[NH+](Cc2ccc3c(c2)OCO3)CC1. The number of ether oxygens (including phenoxy) is 2. The van der Waals surface area contributed by atoms with E-state index >= 15 is 0 Å². The number of aromatic nitrogens is 2. The summed E-state index contributed by atoms with van der Waals surface area (Å²) in [6.45, 7) is 3.56. The molecule has 0 aliphatic carbocycles. The van der Waals surface area contributed by atoms with Gasteiger partial charge in [0.05, 0.1) is 37.9 Å². The lowest BCUT2D eigenvalue weighted by atomic mass is 10.2. The summed E-state index contributed by atoms with van der Waals surface area (Å²) in [6, 6.07) is 11.1. The van der Waals surface area contributed by atoms with Crippen LogP contribution in [0.1, 0.15) is 5.56 Å². The van der Waals surface area contributed by atoms with Crippen LogP contribution in [0, 0.1) is 0 Å². The van der Waals surface area contributed by atoms with Crippen LogP contribution in [0.4, 0.5) is 0 Å². The summed E-state index contributed by atoms with van der Waals surface area (Å²) in [6.07, 6.45) is 0. The van der Waals surface area contributed by atoms with Crippen LogP contribution in [0.5, 0.6) is 11.5 Å². The maximum absolute atomic E-state index is 13.1. The van der Waals surface area contributed by atoms with E-state index in [1.54, 1.807) is 22.5 Å². The van der Waals surface area contributed by atoms with Crippen molar-refractivity contribution < 1.29 is 22.8 Å². The molecule has 2 aromatic carbocycles. The van der Waals surface area contributed by atoms with Gasteiger partial charge in [-0.3, -0.25) is 0 Å². The Bertz CT molecular complexity index is 1120. The molecule has 0 amide bonds. The molecule has 8 nitrogen and oxygen atoms in total. The van der Waals surface area contributed by atoms with Crippen molar-refractivity contribution in [3.8, 4) is 11.5 Å². The molecule has 2 aliphatic heterocycles. The Labute approximate surface area is 166 Å². The normalized spacial score (nSPS) is 18.0. The van der Waals surface area contributed by atoms with Crippen molar-refractivity contribution in [1.29, 1.82) is 0 Å². The zero-order chi connectivity index (χ0) is 19.1. The van der Waals surface area contributed by atoms with Gasteiger partial charge in [0.1, 0.15) is 22.5 Å². The molecule has 0 unspecified atom stereocenters. The van der Waals surface area contributed by atoms with Crippen molar-refractivity contribution in [2.45, 2.75) is 11.4 Å². The molecule has 0 radical (unpaired) electrons. The molecule has 3 heterocycles. The Morgan fingerprint density at radius 1 is 1.07 bits per heavy atom. The monoisotopic (exact) mass is 419 g/mol. The minimum Gasteiger partial charge on any atom is -0.454 e. The number of nitrogens with zero attached hydrogens (tertiary/aromatic N) is 3. The van der Waals surface area contributed by atoms with Gasteiger partial charge in [0, 0.05) is 5.56 Å². The number of quaternary nitrogens is 1. The van der Waals surface area contributed by atoms with Crippen LogP contribution >= 0.6 is 11.7 Å². The standard InChI is InChI=1S/C18H18N4O4S2/c23-28(24,17-3-1-2-14-18(17)20-27-19-14)22-8-6-21(7-9-22)11-13-4-5-15-16(10-13)26-12-25-15/h1-5,10H,6-9,11-12H2/p+1. The Balaban J connectivity index is 1.28. The van der Waals surface area contributed by atoms with Crippen LogP contribution in [-0.2, 0) is 16.6 Å². The maximum atomic E-state index is 13.1. The average Bonchev–Trinajstić information content (AvgIpc) is 3.37. The van der Waals surface area contributed by atoms with Gasteiger partial charge in [-0.05, 0) is 30.3 Å². The molecule has 0 bridgehead atoms. The van der Waals surface area contributed by atoms with Gasteiger partial charge in [-0.2, -0.15) is 13.1 Å².